The maximum absolute atomic E-state index is 11.5. The van der Waals surface area contributed by atoms with E-state index in [9.17, 15) is 4.79 Å². The molecule has 4 heteroatoms. The number of methoxy groups -OCH3 is 1. The first-order valence-corrected chi connectivity index (χ1v) is 5.29. The summed E-state index contributed by atoms with van der Waals surface area (Å²) in [6.07, 6.45) is 5.19. The number of esters is 1. The van der Waals surface area contributed by atoms with Crippen molar-refractivity contribution in [2.75, 3.05) is 13.7 Å². The second kappa shape index (κ2) is 6.58. The SMILES string of the molecule is CCCCOC(=O)[C@@H]1CC=C[C@H](OC)O1. The van der Waals surface area contributed by atoms with Crippen LogP contribution >= 0.6 is 0 Å². The lowest BCUT2D eigenvalue weighted by atomic mass is 10.2. The van der Waals surface area contributed by atoms with Gasteiger partial charge in [0, 0.05) is 13.5 Å². The van der Waals surface area contributed by atoms with E-state index >= 15 is 0 Å². The molecule has 0 aromatic carbocycles. The average molecular weight is 214 g/mol. The van der Waals surface area contributed by atoms with E-state index in [4.69, 9.17) is 14.2 Å². The summed E-state index contributed by atoms with van der Waals surface area (Å²) in [7, 11) is 1.54. The molecule has 0 saturated carbocycles. The van der Waals surface area contributed by atoms with Crippen LogP contribution in [-0.4, -0.2) is 32.1 Å². The standard InChI is InChI=1S/C11H18O4/c1-3-4-8-14-11(12)9-6-5-7-10(13-2)15-9/h5,7,9-10H,3-4,6,8H2,1-2H3/t9-,10+/m0/s1. The summed E-state index contributed by atoms with van der Waals surface area (Å²) in [4.78, 5) is 11.5. The van der Waals surface area contributed by atoms with E-state index in [1.54, 1.807) is 13.2 Å². The van der Waals surface area contributed by atoms with Gasteiger partial charge in [-0.1, -0.05) is 19.4 Å². The fraction of sp³-hybridized carbons (Fsp3) is 0.727. The normalized spacial score (nSPS) is 25.2. The monoisotopic (exact) mass is 214 g/mol. The Kier molecular flexibility index (Phi) is 5.36. The van der Waals surface area contributed by atoms with Crippen molar-refractivity contribution in [1.82, 2.24) is 0 Å². The van der Waals surface area contributed by atoms with Crippen LogP contribution in [0.2, 0.25) is 0 Å². The van der Waals surface area contributed by atoms with E-state index in [0.29, 0.717) is 13.0 Å². The number of unbranched alkanes of at least 4 members (excludes halogenated alkanes) is 1. The van der Waals surface area contributed by atoms with Gasteiger partial charge in [0.15, 0.2) is 12.4 Å². The number of rotatable bonds is 5. The Morgan fingerprint density at radius 3 is 3.07 bits per heavy atom. The zero-order valence-electron chi connectivity index (χ0n) is 9.27. The lowest BCUT2D eigenvalue weighted by Gasteiger charge is -2.23. The molecule has 0 amide bonds. The summed E-state index contributed by atoms with van der Waals surface area (Å²) in [6, 6.07) is 0. The molecule has 0 spiro atoms. The Labute approximate surface area is 90.2 Å². The van der Waals surface area contributed by atoms with Crippen LogP contribution in [0.3, 0.4) is 0 Å². The van der Waals surface area contributed by atoms with Crippen LogP contribution in [0.1, 0.15) is 26.2 Å². The molecule has 0 radical (unpaired) electrons. The van der Waals surface area contributed by atoms with Gasteiger partial charge in [-0.2, -0.15) is 0 Å². The highest BCUT2D eigenvalue weighted by Crippen LogP contribution is 2.14. The van der Waals surface area contributed by atoms with Crippen molar-refractivity contribution >= 4 is 5.97 Å². The zero-order valence-corrected chi connectivity index (χ0v) is 9.27. The van der Waals surface area contributed by atoms with Crippen LogP contribution in [0.5, 0.6) is 0 Å². The van der Waals surface area contributed by atoms with Crippen LogP contribution in [0.25, 0.3) is 0 Å². The molecule has 0 fully saturated rings. The molecule has 2 atom stereocenters. The fourth-order valence-electron chi connectivity index (χ4n) is 1.27. The zero-order chi connectivity index (χ0) is 11.1. The number of ether oxygens (including phenoxy) is 3. The molecule has 0 aromatic rings. The van der Waals surface area contributed by atoms with Crippen LogP contribution < -0.4 is 0 Å². The van der Waals surface area contributed by atoms with Gasteiger partial charge < -0.3 is 14.2 Å². The Hall–Kier alpha value is -0.870. The van der Waals surface area contributed by atoms with Gasteiger partial charge in [-0.15, -0.1) is 0 Å². The lowest BCUT2D eigenvalue weighted by Crippen LogP contribution is -2.33. The third-order valence-corrected chi connectivity index (χ3v) is 2.18. The topological polar surface area (TPSA) is 44.8 Å². The highest BCUT2D eigenvalue weighted by Gasteiger charge is 2.25. The van der Waals surface area contributed by atoms with Gasteiger partial charge >= 0.3 is 5.97 Å². The third kappa shape index (κ3) is 4.01. The predicted octanol–water partition coefficient (Wildman–Crippen LogP) is 1.65. The number of hydrogen-bond acceptors (Lipinski definition) is 4. The molecular formula is C11H18O4. The van der Waals surface area contributed by atoms with E-state index in [0.717, 1.165) is 12.8 Å². The van der Waals surface area contributed by atoms with Crippen LogP contribution in [0.4, 0.5) is 0 Å². The minimum atomic E-state index is -0.517. The predicted molar refractivity (Wildman–Crippen MR) is 55.3 cm³/mol. The Morgan fingerprint density at radius 2 is 2.40 bits per heavy atom. The summed E-state index contributed by atoms with van der Waals surface area (Å²) in [5.41, 5.74) is 0. The van der Waals surface area contributed by atoms with Gasteiger partial charge in [-0.3, -0.25) is 0 Å². The molecule has 0 unspecified atom stereocenters. The Morgan fingerprint density at radius 1 is 1.60 bits per heavy atom. The highest BCUT2D eigenvalue weighted by atomic mass is 16.7. The maximum atomic E-state index is 11.5. The molecular weight excluding hydrogens is 196 g/mol. The second-order valence-electron chi connectivity index (χ2n) is 3.41. The molecule has 1 heterocycles. The van der Waals surface area contributed by atoms with Crippen LogP contribution in [-0.2, 0) is 19.0 Å². The largest absolute Gasteiger partial charge is 0.464 e. The van der Waals surface area contributed by atoms with Crippen molar-refractivity contribution in [2.45, 2.75) is 38.6 Å². The molecule has 0 saturated heterocycles. The van der Waals surface area contributed by atoms with Gasteiger partial charge in [0.2, 0.25) is 0 Å². The first-order chi connectivity index (χ1) is 7.27. The van der Waals surface area contributed by atoms with Crippen molar-refractivity contribution in [1.29, 1.82) is 0 Å². The molecule has 1 aliphatic heterocycles. The van der Waals surface area contributed by atoms with Crippen molar-refractivity contribution < 1.29 is 19.0 Å². The van der Waals surface area contributed by atoms with E-state index in [1.165, 1.54) is 0 Å². The van der Waals surface area contributed by atoms with Crippen molar-refractivity contribution in [2.24, 2.45) is 0 Å². The molecule has 4 nitrogen and oxygen atoms in total. The quantitative estimate of drug-likeness (QED) is 0.396. The van der Waals surface area contributed by atoms with Crippen molar-refractivity contribution in [3.8, 4) is 0 Å². The molecule has 1 rings (SSSR count). The third-order valence-electron chi connectivity index (χ3n) is 2.18. The first-order valence-electron chi connectivity index (χ1n) is 5.29. The van der Waals surface area contributed by atoms with Crippen LogP contribution in [0.15, 0.2) is 12.2 Å². The Bertz CT molecular complexity index is 225. The van der Waals surface area contributed by atoms with E-state index in [1.807, 2.05) is 6.08 Å². The number of carbonyl (C=O) groups is 1. The Balaban J connectivity index is 2.30. The molecule has 0 aliphatic carbocycles. The summed E-state index contributed by atoms with van der Waals surface area (Å²) in [6.45, 7) is 2.52. The molecule has 0 N–H and O–H groups in total. The number of carbonyl (C=O) groups excluding carboxylic acids is 1. The smallest absolute Gasteiger partial charge is 0.335 e. The van der Waals surface area contributed by atoms with Crippen molar-refractivity contribution in [3.63, 3.8) is 0 Å². The van der Waals surface area contributed by atoms with Gasteiger partial charge in [0.25, 0.3) is 0 Å². The minimum Gasteiger partial charge on any atom is -0.464 e. The minimum absolute atomic E-state index is 0.296. The van der Waals surface area contributed by atoms with Gasteiger partial charge in [0.05, 0.1) is 6.61 Å². The summed E-state index contributed by atoms with van der Waals surface area (Å²) in [5, 5.41) is 0. The molecule has 0 aromatic heterocycles. The summed E-state index contributed by atoms with van der Waals surface area (Å²) >= 11 is 0. The second-order valence-corrected chi connectivity index (χ2v) is 3.41. The van der Waals surface area contributed by atoms with E-state index < -0.39 is 12.4 Å². The highest BCUT2D eigenvalue weighted by molar-refractivity contribution is 5.75. The molecule has 1 aliphatic rings. The lowest BCUT2D eigenvalue weighted by molar-refractivity contribution is -0.178. The fourth-order valence-corrected chi connectivity index (χ4v) is 1.27. The molecule has 15 heavy (non-hydrogen) atoms. The van der Waals surface area contributed by atoms with E-state index in [2.05, 4.69) is 6.92 Å². The van der Waals surface area contributed by atoms with E-state index in [-0.39, 0.29) is 5.97 Å². The van der Waals surface area contributed by atoms with Gasteiger partial charge in [0.1, 0.15) is 0 Å². The van der Waals surface area contributed by atoms with Crippen molar-refractivity contribution in [3.05, 3.63) is 12.2 Å². The first kappa shape index (κ1) is 12.2. The average Bonchev–Trinajstić information content (AvgIpc) is 2.29. The maximum Gasteiger partial charge on any atom is 0.335 e. The molecule has 86 valence electrons. The van der Waals surface area contributed by atoms with Gasteiger partial charge in [-0.25, -0.2) is 4.79 Å². The number of hydrogen-bond donors (Lipinski definition) is 0. The summed E-state index contributed by atoms with van der Waals surface area (Å²) < 4.78 is 15.4. The van der Waals surface area contributed by atoms with Gasteiger partial charge in [-0.05, 0) is 12.5 Å². The molecule has 0 bridgehead atoms. The van der Waals surface area contributed by atoms with Crippen LogP contribution in [0, 0.1) is 0 Å². The summed E-state index contributed by atoms with van der Waals surface area (Å²) in [5.74, 6) is -0.296.